The van der Waals surface area contributed by atoms with Crippen LogP contribution in [0.2, 0.25) is 0 Å². The minimum atomic E-state index is -0.0697. The lowest BCUT2D eigenvalue weighted by Gasteiger charge is -2.09. The zero-order valence-corrected chi connectivity index (χ0v) is 14.2. The molecule has 1 saturated heterocycles. The Kier molecular flexibility index (Phi) is 5.71. The van der Waals surface area contributed by atoms with Crippen LogP contribution in [-0.2, 0) is 9.53 Å². The Morgan fingerprint density at radius 2 is 2.21 bits per heavy atom. The molecule has 1 N–H and O–H groups in total. The van der Waals surface area contributed by atoms with Gasteiger partial charge in [0, 0.05) is 18.7 Å². The normalized spacial score (nSPS) is 17.0. The van der Waals surface area contributed by atoms with E-state index < -0.39 is 0 Å². The van der Waals surface area contributed by atoms with E-state index in [1.807, 2.05) is 24.3 Å². The molecule has 0 saturated carbocycles. The van der Waals surface area contributed by atoms with Crippen molar-refractivity contribution >= 4 is 17.7 Å². The van der Waals surface area contributed by atoms with Gasteiger partial charge in [-0.15, -0.1) is 10.2 Å². The van der Waals surface area contributed by atoms with Crippen LogP contribution < -0.4 is 10.1 Å². The summed E-state index contributed by atoms with van der Waals surface area (Å²) in [7, 11) is 1.61. The van der Waals surface area contributed by atoms with Gasteiger partial charge in [0.2, 0.25) is 11.8 Å². The number of carbonyl (C=O) groups is 1. The fourth-order valence-corrected chi connectivity index (χ4v) is 2.92. The molecule has 1 fully saturated rings. The quantitative estimate of drug-likeness (QED) is 0.766. The van der Waals surface area contributed by atoms with Gasteiger partial charge in [-0.1, -0.05) is 11.8 Å². The van der Waals surface area contributed by atoms with Crippen molar-refractivity contribution in [2.45, 2.75) is 24.2 Å². The highest BCUT2D eigenvalue weighted by Gasteiger charge is 2.17. The number of nitrogens with zero attached hydrogens (tertiary/aromatic N) is 2. The van der Waals surface area contributed by atoms with Gasteiger partial charge in [0.15, 0.2) is 0 Å². The van der Waals surface area contributed by atoms with E-state index in [4.69, 9.17) is 13.9 Å². The molecular formula is C16H19N3O4S. The van der Waals surface area contributed by atoms with Crippen LogP contribution in [-0.4, -0.2) is 48.2 Å². The fraction of sp³-hybridized carbons (Fsp3) is 0.438. The number of methoxy groups -OCH3 is 1. The molecule has 7 nitrogen and oxygen atoms in total. The Labute approximate surface area is 144 Å². The largest absolute Gasteiger partial charge is 0.497 e. The molecule has 8 heteroatoms. The summed E-state index contributed by atoms with van der Waals surface area (Å²) in [6, 6.07) is 7.33. The van der Waals surface area contributed by atoms with Gasteiger partial charge >= 0.3 is 0 Å². The number of hydrogen-bond acceptors (Lipinski definition) is 7. The zero-order chi connectivity index (χ0) is 16.8. The third-order valence-corrected chi connectivity index (χ3v) is 4.44. The molecule has 0 radical (unpaired) electrons. The summed E-state index contributed by atoms with van der Waals surface area (Å²) in [6.07, 6.45) is 2.21. The summed E-state index contributed by atoms with van der Waals surface area (Å²) in [5, 5.41) is 11.2. The van der Waals surface area contributed by atoms with Crippen LogP contribution in [0.4, 0.5) is 0 Å². The summed E-state index contributed by atoms with van der Waals surface area (Å²) in [5.74, 6) is 1.34. The third-order valence-electron chi connectivity index (χ3n) is 3.62. The second kappa shape index (κ2) is 8.16. The lowest BCUT2D eigenvalue weighted by atomic mass is 10.2. The summed E-state index contributed by atoms with van der Waals surface area (Å²) < 4.78 is 16.1. The maximum absolute atomic E-state index is 11.8. The zero-order valence-electron chi connectivity index (χ0n) is 13.4. The van der Waals surface area contributed by atoms with Gasteiger partial charge in [-0.25, -0.2) is 0 Å². The molecule has 0 bridgehead atoms. The average molecular weight is 349 g/mol. The Morgan fingerprint density at radius 1 is 1.38 bits per heavy atom. The molecule has 2 heterocycles. The van der Waals surface area contributed by atoms with E-state index in [1.54, 1.807) is 7.11 Å². The van der Waals surface area contributed by atoms with Crippen molar-refractivity contribution in [3.8, 4) is 17.2 Å². The van der Waals surface area contributed by atoms with Gasteiger partial charge in [0.05, 0.1) is 19.0 Å². The van der Waals surface area contributed by atoms with Gasteiger partial charge < -0.3 is 19.2 Å². The van der Waals surface area contributed by atoms with Gasteiger partial charge in [-0.2, -0.15) is 0 Å². The molecule has 0 aliphatic carbocycles. The molecule has 24 heavy (non-hydrogen) atoms. The number of thioether (sulfide) groups is 1. The Hall–Kier alpha value is -2.06. The highest BCUT2D eigenvalue weighted by molar-refractivity contribution is 7.99. The van der Waals surface area contributed by atoms with Crippen molar-refractivity contribution < 1.29 is 18.7 Å². The number of ether oxygens (including phenoxy) is 2. The first kappa shape index (κ1) is 16.8. The van der Waals surface area contributed by atoms with E-state index in [9.17, 15) is 4.79 Å². The molecule has 1 unspecified atom stereocenters. The summed E-state index contributed by atoms with van der Waals surface area (Å²) >= 11 is 1.22. The molecular weight excluding hydrogens is 330 g/mol. The molecule has 0 spiro atoms. The van der Waals surface area contributed by atoms with Gasteiger partial charge in [-0.3, -0.25) is 4.79 Å². The minimum Gasteiger partial charge on any atom is -0.497 e. The molecule has 3 rings (SSSR count). The van der Waals surface area contributed by atoms with Gasteiger partial charge in [-0.05, 0) is 37.1 Å². The molecule has 1 aromatic carbocycles. The van der Waals surface area contributed by atoms with Crippen molar-refractivity contribution in [3.05, 3.63) is 24.3 Å². The molecule has 2 aromatic rings. The van der Waals surface area contributed by atoms with Gasteiger partial charge in [0.1, 0.15) is 5.75 Å². The fourth-order valence-electron chi connectivity index (χ4n) is 2.33. The number of hydrogen-bond donors (Lipinski definition) is 1. The lowest BCUT2D eigenvalue weighted by molar-refractivity contribution is -0.119. The van der Waals surface area contributed by atoms with Crippen LogP contribution in [0, 0.1) is 0 Å². The second-order valence-electron chi connectivity index (χ2n) is 5.33. The van der Waals surface area contributed by atoms with Crippen molar-refractivity contribution in [2.24, 2.45) is 0 Å². The van der Waals surface area contributed by atoms with E-state index in [0.29, 0.717) is 17.7 Å². The number of rotatable bonds is 7. The minimum absolute atomic E-state index is 0.0697. The first-order valence-corrected chi connectivity index (χ1v) is 8.72. The number of amides is 1. The van der Waals surface area contributed by atoms with E-state index in [-0.39, 0.29) is 17.8 Å². The number of nitrogens with one attached hydrogen (secondary N) is 1. The molecule has 1 aliphatic rings. The monoisotopic (exact) mass is 349 g/mol. The molecule has 1 amide bonds. The molecule has 1 aromatic heterocycles. The summed E-state index contributed by atoms with van der Waals surface area (Å²) in [4.78, 5) is 11.8. The number of benzene rings is 1. The number of carbonyl (C=O) groups excluding carboxylic acids is 1. The standard InChI is InChI=1S/C16H19N3O4S/c1-21-12-6-4-11(5-7-12)15-18-19-16(23-15)24-10-14(20)17-9-13-3-2-8-22-13/h4-7,13H,2-3,8-10H2,1H3,(H,17,20). The van der Waals surface area contributed by atoms with Crippen LogP contribution in [0.3, 0.4) is 0 Å². The van der Waals surface area contributed by atoms with E-state index >= 15 is 0 Å². The second-order valence-corrected chi connectivity index (χ2v) is 6.26. The van der Waals surface area contributed by atoms with Crippen LogP contribution >= 0.6 is 11.8 Å². The number of aromatic nitrogens is 2. The van der Waals surface area contributed by atoms with E-state index in [0.717, 1.165) is 30.8 Å². The maximum Gasteiger partial charge on any atom is 0.277 e. The summed E-state index contributed by atoms with van der Waals surface area (Å²) in [6.45, 7) is 1.34. The van der Waals surface area contributed by atoms with E-state index in [2.05, 4.69) is 15.5 Å². The molecule has 1 aliphatic heterocycles. The predicted octanol–water partition coefficient (Wildman–Crippen LogP) is 2.13. The lowest BCUT2D eigenvalue weighted by Crippen LogP contribution is -2.32. The van der Waals surface area contributed by atoms with Gasteiger partial charge in [0.25, 0.3) is 5.22 Å². The Morgan fingerprint density at radius 3 is 2.92 bits per heavy atom. The van der Waals surface area contributed by atoms with Crippen LogP contribution in [0.1, 0.15) is 12.8 Å². The highest BCUT2D eigenvalue weighted by Crippen LogP contribution is 2.24. The first-order valence-electron chi connectivity index (χ1n) is 7.73. The van der Waals surface area contributed by atoms with Crippen LogP contribution in [0.15, 0.2) is 33.9 Å². The van der Waals surface area contributed by atoms with Crippen molar-refractivity contribution in [2.75, 3.05) is 26.0 Å². The topological polar surface area (TPSA) is 86.5 Å². The van der Waals surface area contributed by atoms with Crippen molar-refractivity contribution in [3.63, 3.8) is 0 Å². The van der Waals surface area contributed by atoms with Crippen molar-refractivity contribution in [1.82, 2.24) is 15.5 Å². The highest BCUT2D eigenvalue weighted by atomic mass is 32.2. The Bertz CT molecular complexity index is 668. The van der Waals surface area contributed by atoms with Crippen LogP contribution in [0.5, 0.6) is 5.75 Å². The van der Waals surface area contributed by atoms with E-state index in [1.165, 1.54) is 11.8 Å². The predicted molar refractivity (Wildman–Crippen MR) is 89.0 cm³/mol. The van der Waals surface area contributed by atoms with Crippen molar-refractivity contribution in [1.29, 1.82) is 0 Å². The van der Waals surface area contributed by atoms with Crippen LogP contribution in [0.25, 0.3) is 11.5 Å². The Balaban J connectivity index is 1.47. The molecule has 128 valence electrons. The maximum atomic E-state index is 11.8. The SMILES string of the molecule is COc1ccc(-c2nnc(SCC(=O)NCC3CCCO3)o2)cc1. The third kappa shape index (κ3) is 4.48. The summed E-state index contributed by atoms with van der Waals surface area (Å²) in [5.41, 5.74) is 0.804. The average Bonchev–Trinajstić information content (AvgIpc) is 3.30. The smallest absolute Gasteiger partial charge is 0.277 e. The first-order chi connectivity index (χ1) is 11.7. The molecule has 1 atom stereocenters.